The Bertz CT molecular complexity index is 1340. The number of carboxylic acid groups (broad SMARTS) is 1. The third-order valence-corrected chi connectivity index (χ3v) is 5.10. The molecule has 0 aliphatic heterocycles. The molecule has 10 nitrogen and oxygen atoms in total. The van der Waals surface area contributed by atoms with Gasteiger partial charge in [-0.15, -0.1) is 5.10 Å². The summed E-state index contributed by atoms with van der Waals surface area (Å²) in [6, 6.07) is 8.89. The van der Waals surface area contributed by atoms with Crippen LogP contribution in [0.15, 0.2) is 41.0 Å². The van der Waals surface area contributed by atoms with Gasteiger partial charge in [0, 0.05) is 16.8 Å². The van der Waals surface area contributed by atoms with Crippen molar-refractivity contribution in [3.63, 3.8) is 0 Å². The average Bonchev–Trinajstić information content (AvgIpc) is 3.50. The Morgan fingerprint density at radius 3 is 2.50 bits per heavy atom. The zero-order valence-electron chi connectivity index (χ0n) is 18.8. The molecule has 4 rings (SSSR count). The molecule has 14 heteroatoms. The Kier molecular flexibility index (Phi) is 8.83. The number of hydrogen-bond donors (Lipinski definition) is 2. The summed E-state index contributed by atoms with van der Waals surface area (Å²) in [5.74, 6) is -1.84. The normalized spacial score (nSPS) is 11.4. The van der Waals surface area contributed by atoms with E-state index in [9.17, 15) is 18.0 Å². The molecule has 0 saturated carbocycles. The van der Waals surface area contributed by atoms with Gasteiger partial charge in [-0.05, 0) is 49.6 Å². The molecule has 0 saturated heterocycles. The maximum absolute atomic E-state index is 12.4. The molecule has 0 aliphatic carbocycles. The highest BCUT2D eigenvalue weighted by atomic mass is 35.5. The third-order valence-electron chi connectivity index (χ3n) is 4.86. The number of aromatic nitrogens is 4. The van der Waals surface area contributed by atoms with Crippen LogP contribution >= 0.6 is 11.6 Å². The van der Waals surface area contributed by atoms with Crippen molar-refractivity contribution in [2.75, 3.05) is 11.9 Å². The van der Waals surface area contributed by atoms with Gasteiger partial charge in [0.1, 0.15) is 5.97 Å². The van der Waals surface area contributed by atoms with E-state index in [1.807, 2.05) is 0 Å². The highest BCUT2D eigenvalue weighted by Crippen LogP contribution is 2.26. The summed E-state index contributed by atoms with van der Waals surface area (Å²) in [6.45, 7) is 0.930. The largest absolute Gasteiger partial charge is 0.542 e. The van der Waals surface area contributed by atoms with E-state index in [0.29, 0.717) is 40.1 Å². The minimum absolute atomic E-state index is 0.100. The molecular weight excluding hydrogens is 505 g/mol. The molecule has 4 aromatic rings. The lowest BCUT2D eigenvalue weighted by Gasteiger charge is -2.08. The quantitative estimate of drug-likeness (QED) is 0.334. The predicted octanol–water partition coefficient (Wildman–Crippen LogP) is 2.62. The van der Waals surface area contributed by atoms with Crippen molar-refractivity contribution in [3.05, 3.63) is 41.6 Å². The van der Waals surface area contributed by atoms with Gasteiger partial charge in [0.15, 0.2) is 11.4 Å². The number of halogens is 4. The Morgan fingerprint density at radius 1 is 1.14 bits per heavy atom. The van der Waals surface area contributed by atoms with E-state index in [0.717, 1.165) is 37.6 Å². The molecule has 0 aliphatic rings. The highest BCUT2D eigenvalue weighted by Gasteiger charge is 2.28. The number of fused-ring (bicyclic) bond motifs is 3. The Morgan fingerprint density at radius 2 is 1.86 bits per heavy atom. The summed E-state index contributed by atoms with van der Waals surface area (Å²) in [5, 5.41) is 17.5. The molecule has 1 aromatic carbocycles. The SMILES string of the molecule is O=C([O-])C(F)(F)F.[NH3+]CCCCCCC(=O)Nc1nc2ccc(Cl)cc2c2nc(-c3ccco3)nn12. The zero-order chi connectivity index (χ0) is 26.3. The van der Waals surface area contributed by atoms with Gasteiger partial charge in [0.2, 0.25) is 17.7 Å². The number of nitrogens with one attached hydrogen (secondary N) is 1. The standard InChI is InChI=1S/C20H21ClN6O2.C2HF3O2/c21-13-8-9-15-14(12-13)19-25-18(16-6-5-11-29-16)26-27(19)20(23-15)24-17(28)7-3-1-2-4-10-22;3-2(4,5)1(6)7/h5-6,8-9,11-12H,1-4,7,10,22H2,(H,23,24,28);(H,6,7). The van der Waals surface area contributed by atoms with Crippen molar-refractivity contribution in [2.24, 2.45) is 0 Å². The van der Waals surface area contributed by atoms with Crippen LogP contribution in [-0.2, 0) is 9.59 Å². The number of anilines is 1. The third kappa shape index (κ3) is 6.92. The molecule has 0 spiro atoms. The van der Waals surface area contributed by atoms with Gasteiger partial charge >= 0.3 is 6.18 Å². The number of amides is 1. The van der Waals surface area contributed by atoms with Crippen molar-refractivity contribution in [1.82, 2.24) is 19.6 Å². The number of unbranched alkanes of at least 4 members (excludes halogenated alkanes) is 3. The molecule has 3 heterocycles. The van der Waals surface area contributed by atoms with Crippen LogP contribution in [0.5, 0.6) is 0 Å². The molecule has 0 unspecified atom stereocenters. The van der Waals surface area contributed by atoms with Crippen LogP contribution < -0.4 is 16.2 Å². The smallest absolute Gasteiger partial charge is 0.430 e. The van der Waals surface area contributed by atoms with Crippen LogP contribution in [0.1, 0.15) is 32.1 Å². The van der Waals surface area contributed by atoms with E-state index in [1.54, 1.807) is 36.6 Å². The fourth-order valence-electron chi connectivity index (χ4n) is 3.17. The lowest BCUT2D eigenvalue weighted by molar-refractivity contribution is -0.368. The van der Waals surface area contributed by atoms with Crippen LogP contribution in [0.4, 0.5) is 19.1 Å². The summed E-state index contributed by atoms with van der Waals surface area (Å²) in [6.07, 6.45) is 0.808. The van der Waals surface area contributed by atoms with E-state index in [2.05, 4.69) is 26.1 Å². The summed E-state index contributed by atoms with van der Waals surface area (Å²) in [7, 11) is 0. The minimum atomic E-state index is -5.19. The number of carboxylic acids is 1. The van der Waals surface area contributed by atoms with Gasteiger partial charge < -0.3 is 20.1 Å². The topological polar surface area (TPSA) is 153 Å². The van der Waals surface area contributed by atoms with Crippen molar-refractivity contribution in [1.29, 1.82) is 0 Å². The van der Waals surface area contributed by atoms with Crippen LogP contribution in [-0.4, -0.2) is 44.2 Å². The monoisotopic (exact) mass is 526 g/mol. The average molecular weight is 527 g/mol. The number of rotatable bonds is 8. The Balaban J connectivity index is 0.000000454. The second-order valence-electron chi connectivity index (χ2n) is 7.60. The molecule has 192 valence electrons. The second kappa shape index (κ2) is 11.8. The number of alkyl halides is 3. The van der Waals surface area contributed by atoms with E-state index in [1.165, 1.54) is 4.52 Å². The van der Waals surface area contributed by atoms with E-state index in [-0.39, 0.29) is 5.91 Å². The first kappa shape index (κ1) is 26.9. The van der Waals surface area contributed by atoms with Crippen LogP contribution in [0.3, 0.4) is 0 Å². The molecule has 36 heavy (non-hydrogen) atoms. The van der Waals surface area contributed by atoms with Gasteiger partial charge in [-0.25, -0.2) is 9.97 Å². The first-order valence-corrected chi connectivity index (χ1v) is 11.2. The number of furan rings is 1. The maximum atomic E-state index is 12.4. The van der Waals surface area contributed by atoms with Crippen molar-refractivity contribution in [3.8, 4) is 11.6 Å². The molecule has 0 bridgehead atoms. The predicted molar refractivity (Wildman–Crippen MR) is 122 cm³/mol. The zero-order valence-corrected chi connectivity index (χ0v) is 19.6. The molecule has 0 atom stereocenters. The summed E-state index contributed by atoms with van der Waals surface area (Å²) >= 11 is 6.17. The van der Waals surface area contributed by atoms with E-state index >= 15 is 0 Å². The molecule has 0 fully saturated rings. The maximum Gasteiger partial charge on any atom is 0.430 e. The van der Waals surface area contributed by atoms with E-state index in [4.69, 9.17) is 25.9 Å². The fourth-order valence-corrected chi connectivity index (χ4v) is 3.35. The van der Waals surface area contributed by atoms with Crippen LogP contribution in [0, 0.1) is 0 Å². The minimum Gasteiger partial charge on any atom is -0.542 e. The second-order valence-corrected chi connectivity index (χ2v) is 8.03. The number of hydrogen-bond acceptors (Lipinski definition) is 7. The van der Waals surface area contributed by atoms with Crippen molar-refractivity contribution < 1.29 is 38.0 Å². The number of aliphatic carboxylic acids is 1. The number of benzene rings is 1. The van der Waals surface area contributed by atoms with Gasteiger partial charge in [0.25, 0.3) is 0 Å². The van der Waals surface area contributed by atoms with Crippen LogP contribution in [0.2, 0.25) is 5.02 Å². The van der Waals surface area contributed by atoms with Crippen LogP contribution in [0.25, 0.3) is 28.1 Å². The van der Waals surface area contributed by atoms with Crippen molar-refractivity contribution >= 4 is 46.0 Å². The number of nitrogens with zero attached hydrogens (tertiary/aromatic N) is 4. The number of carbonyl (C=O) groups is 2. The van der Waals surface area contributed by atoms with E-state index < -0.39 is 12.1 Å². The van der Waals surface area contributed by atoms with Gasteiger partial charge in [-0.1, -0.05) is 18.0 Å². The Hall–Kier alpha value is -3.71. The Labute approximate surface area is 207 Å². The molecule has 3 aromatic heterocycles. The lowest BCUT2D eigenvalue weighted by atomic mass is 10.1. The molecule has 1 amide bonds. The van der Waals surface area contributed by atoms with Gasteiger partial charge in [-0.2, -0.15) is 17.7 Å². The summed E-state index contributed by atoms with van der Waals surface area (Å²) < 4.78 is 38.5. The van der Waals surface area contributed by atoms with Crippen molar-refractivity contribution in [2.45, 2.75) is 38.3 Å². The fraction of sp³-hybridized carbons (Fsp3) is 0.318. The molecule has 4 N–H and O–H groups in total. The first-order chi connectivity index (χ1) is 17.1. The number of quaternary nitrogens is 1. The lowest BCUT2D eigenvalue weighted by Crippen LogP contribution is -2.50. The number of carbonyl (C=O) groups excluding carboxylic acids is 2. The van der Waals surface area contributed by atoms with Gasteiger partial charge in [0.05, 0.1) is 18.3 Å². The highest BCUT2D eigenvalue weighted by molar-refractivity contribution is 6.31. The summed E-state index contributed by atoms with van der Waals surface area (Å²) in [4.78, 5) is 30.4. The molecule has 0 radical (unpaired) electrons. The van der Waals surface area contributed by atoms with Gasteiger partial charge in [-0.3, -0.25) is 10.1 Å². The first-order valence-electron chi connectivity index (χ1n) is 10.9. The molecular formula is C22H22ClF3N6O4. The summed E-state index contributed by atoms with van der Waals surface area (Å²) in [5.41, 5.74) is 5.06.